The van der Waals surface area contributed by atoms with Gasteiger partial charge in [0.25, 0.3) is 0 Å². The molecule has 1 aromatic carbocycles. The number of benzene rings is 1. The van der Waals surface area contributed by atoms with Crippen molar-refractivity contribution in [1.82, 2.24) is 9.84 Å². The lowest BCUT2D eigenvalue weighted by Gasteiger charge is -2.21. The summed E-state index contributed by atoms with van der Waals surface area (Å²) in [5.41, 5.74) is 3.23. The number of carbonyl (C=O) groups is 1. The number of ether oxygens (including phenoxy) is 2. The van der Waals surface area contributed by atoms with Crippen LogP contribution in [0.3, 0.4) is 0 Å². The summed E-state index contributed by atoms with van der Waals surface area (Å²) in [4.78, 5) is 11.5. The SMILES string of the molecule is COC(=O)c1cccc(C2(Cl)NN(S(C)(=O)=O)CO2)c1. The van der Waals surface area contributed by atoms with E-state index in [1.807, 2.05) is 0 Å². The molecule has 0 aromatic heterocycles. The van der Waals surface area contributed by atoms with Gasteiger partial charge in [0.1, 0.15) is 6.73 Å². The Morgan fingerprint density at radius 2 is 2.25 bits per heavy atom. The van der Waals surface area contributed by atoms with E-state index in [-0.39, 0.29) is 12.3 Å². The van der Waals surface area contributed by atoms with Crippen LogP contribution < -0.4 is 5.43 Å². The molecule has 0 spiro atoms. The van der Waals surface area contributed by atoms with E-state index >= 15 is 0 Å². The first-order valence-corrected chi connectivity index (χ1v) is 7.76. The van der Waals surface area contributed by atoms with Crippen molar-refractivity contribution in [2.45, 2.75) is 5.18 Å². The first-order valence-electron chi connectivity index (χ1n) is 5.53. The number of sulfonamides is 1. The zero-order chi connectivity index (χ0) is 15.0. The minimum absolute atomic E-state index is 0.231. The van der Waals surface area contributed by atoms with Crippen LogP contribution in [0, 0.1) is 0 Å². The zero-order valence-corrected chi connectivity index (χ0v) is 12.4. The van der Waals surface area contributed by atoms with Gasteiger partial charge in [-0.2, -0.15) is 5.43 Å². The molecule has 0 amide bonds. The Morgan fingerprint density at radius 3 is 2.80 bits per heavy atom. The third-order valence-corrected chi connectivity index (χ3v) is 4.11. The van der Waals surface area contributed by atoms with Gasteiger partial charge in [-0.3, -0.25) is 0 Å². The monoisotopic (exact) mass is 320 g/mol. The maximum Gasteiger partial charge on any atom is 0.337 e. The van der Waals surface area contributed by atoms with Gasteiger partial charge >= 0.3 is 5.97 Å². The van der Waals surface area contributed by atoms with Crippen molar-refractivity contribution in [2.24, 2.45) is 0 Å². The fourth-order valence-corrected chi connectivity index (χ4v) is 2.52. The summed E-state index contributed by atoms with van der Waals surface area (Å²) in [6.07, 6.45) is 1.02. The third kappa shape index (κ3) is 2.94. The number of methoxy groups -OCH3 is 1. The largest absolute Gasteiger partial charge is 0.465 e. The van der Waals surface area contributed by atoms with E-state index in [0.29, 0.717) is 5.56 Å². The lowest BCUT2D eigenvalue weighted by atomic mass is 10.1. The summed E-state index contributed by atoms with van der Waals surface area (Å²) in [7, 11) is -2.23. The molecule has 1 atom stereocenters. The molecule has 9 heteroatoms. The van der Waals surface area contributed by atoms with Gasteiger partial charge in [-0.15, -0.1) is 4.41 Å². The molecule has 110 valence electrons. The summed E-state index contributed by atoms with van der Waals surface area (Å²) in [6.45, 7) is -0.231. The van der Waals surface area contributed by atoms with Crippen LogP contribution in [0.1, 0.15) is 15.9 Å². The molecular weight excluding hydrogens is 308 g/mol. The molecule has 1 aliphatic rings. The topological polar surface area (TPSA) is 84.9 Å². The van der Waals surface area contributed by atoms with Gasteiger partial charge in [0.05, 0.1) is 18.9 Å². The van der Waals surface area contributed by atoms with Crippen LogP contribution in [0.15, 0.2) is 24.3 Å². The highest BCUT2D eigenvalue weighted by atomic mass is 35.5. The molecular formula is C11H13ClN2O5S. The van der Waals surface area contributed by atoms with E-state index in [9.17, 15) is 13.2 Å². The van der Waals surface area contributed by atoms with Crippen molar-refractivity contribution >= 4 is 27.6 Å². The van der Waals surface area contributed by atoms with Crippen molar-refractivity contribution in [3.05, 3.63) is 35.4 Å². The van der Waals surface area contributed by atoms with Gasteiger partial charge in [0, 0.05) is 5.56 Å². The molecule has 7 nitrogen and oxygen atoms in total. The van der Waals surface area contributed by atoms with Crippen LogP contribution in [-0.2, 0) is 24.7 Å². The molecule has 1 unspecified atom stereocenters. The lowest BCUT2D eigenvalue weighted by molar-refractivity contribution is 0.0575. The van der Waals surface area contributed by atoms with Crippen molar-refractivity contribution in [3.63, 3.8) is 0 Å². The minimum Gasteiger partial charge on any atom is -0.465 e. The summed E-state index contributed by atoms with van der Waals surface area (Å²) in [5.74, 6) is -0.523. The Hall–Kier alpha value is -1.19. The molecule has 0 saturated carbocycles. The van der Waals surface area contributed by atoms with Gasteiger partial charge in [-0.25, -0.2) is 13.2 Å². The summed E-state index contributed by atoms with van der Waals surface area (Å²) < 4.78 is 33.6. The third-order valence-electron chi connectivity index (χ3n) is 2.70. The Morgan fingerprint density at radius 1 is 1.55 bits per heavy atom. The second kappa shape index (κ2) is 5.30. The number of rotatable bonds is 3. The molecule has 1 aromatic rings. The smallest absolute Gasteiger partial charge is 0.337 e. The molecule has 1 aliphatic heterocycles. The van der Waals surface area contributed by atoms with Gasteiger partial charge in [0.15, 0.2) is 0 Å². The van der Waals surface area contributed by atoms with E-state index in [0.717, 1.165) is 10.7 Å². The zero-order valence-electron chi connectivity index (χ0n) is 10.8. The van der Waals surface area contributed by atoms with E-state index in [1.165, 1.54) is 13.2 Å². The van der Waals surface area contributed by atoms with E-state index in [4.69, 9.17) is 16.3 Å². The second-order valence-corrected chi connectivity index (χ2v) is 6.60. The highest BCUT2D eigenvalue weighted by Crippen LogP contribution is 2.33. The van der Waals surface area contributed by atoms with Crippen LogP contribution in [-0.4, -0.2) is 38.9 Å². The lowest BCUT2D eigenvalue weighted by Crippen LogP contribution is -2.43. The highest BCUT2D eigenvalue weighted by molar-refractivity contribution is 7.88. The normalized spacial score (nSPS) is 23.8. The predicted octanol–water partition coefficient (Wildman–Crippen LogP) is 0.576. The van der Waals surface area contributed by atoms with Gasteiger partial charge < -0.3 is 9.47 Å². The molecule has 0 radical (unpaired) electrons. The highest BCUT2D eigenvalue weighted by Gasteiger charge is 2.42. The standard InChI is InChI=1S/C11H13ClN2O5S/c1-18-10(15)8-4-3-5-9(6-8)11(12)13-14(7-19-11)20(2,16)17/h3-6,13H,7H2,1-2H3. The molecule has 1 saturated heterocycles. The molecule has 0 aliphatic carbocycles. The van der Waals surface area contributed by atoms with Crippen LogP contribution in [0.5, 0.6) is 0 Å². The maximum absolute atomic E-state index is 11.5. The molecule has 1 fully saturated rings. The first-order chi connectivity index (χ1) is 9.26. The van der Waals surface area contributed by atoms with Crippen LogP contribution >= 0.6 is 11.6 Å². The summed E-state index contributed by atoms with van der Waals surface area (Å²) in [5, 5.41) is -1.55. The Kier molecular flexibility index (Phi) is 4.03. The van der Waals surface area contributed by atoms with Crippen molar-refractivity contribution < 1.29 is 22.7 Å². The number of alkyl halides is 1. The Balaban J connectivity index is 2.30. The number of nitrogens with zero attached hydrogens (tertiary/aromatic N) is 1. The fraction of sp³-hybridized carbons (Fsp3) is 0.364. The quantitative estimate of drug-likeness (QED) is 0.498. The molecule has 1 heterocycles. The van der Waals surface area contributed by atoms with Crippen molar-refractivity contribution in [1.29, 1.82) is 0 Å². The molecule has 0 bridgehead atoms. The van der Waals surface area contributed by atoms with Gasteiger partial charge in [-0.1, -0.05) is 23.7 Å². The second-order valence-electron chi connectivity index (χ2n) is 4.16. The van der Waals surface area contributed by atoms with Gasteiger partial charge in [-0.05, 0) is 12.1 Å². The number of nitrogens with one attached hydrogen (secondary N) is 1. The number of esters is 1. The minimum atomic E-state index is -3.49. The van der Waals surface area contributed by atoms with Crippen LogP contribution in [0.4, 0.5) is 0 Å². The average molecular weight is 321 g/mol. The average Bonchev–Trinajstić information content (AvgIpc) is 2.82. The number of halogens is 1. The van der Waals surface area contributed by atoms with E-state index in [2.05, 4.69) is 10.2 Å². The van der Waals surface area contributed by atoms with E-state index in [1.54, 1.807) is 18.2 Å². The van der Waals surface area contributed by atoms with Crippen molar-refractivity contribution in [2.75, 3.05) is 20.1 Å². The Labute approximate surface area is 121 Å². The van der Waals surface area contributed by atoms with E-state index < -0.39 is 21.2 Å². The summed E-state index contributed by atoms with van der Waals surface area (Å²) in [6, 6.07) is 6.23. The fourth-order valence-electron chi connectivity index (χ4n) is 1.66. The molecule has 20 heavy (non-hydrogen) atoms. The summed E-state index contributed by atoms with van der Waals surface area (Å²) >= 11 is 6.23. The predicted molar refractivity (Wildman–Crippen MR) is 71.1 cm³/mol. The number of hydrogen-bond donors (Lipinski definition) is 1. The van der Waals surface area contributed by atoms with Crippen LogP contribution in [0.2, 0.25) is 0 Å². The maximum atomic E-state index is 11.5. The first kappa shape index (κ1) is 15.2. The molecule has 1 N–H and O–H groups in total. The number of hydrogen-bond acceptors (Lipinski definition) is 6. The number of carbonyl (C=O) groups excluding carboxylic acids is 1. The number of hydrazine groups is 1. The Bertz CT molecular complexity index is 635. The van der Waals surface area contributed by atoms with Gasteiger partial charge in [0.2, 0.25) is 15.2 Å². The van der Waals surface area contributed by atoms with Crippen LogP contribution in [0.25, 0.3) is 0 Å². The van der Waals surface area contributed by atoms with Crippen molar-refractivity contribution in [3.8, 4) is 0 Å². The molecule has 2 rings (SSSR count).